The van der Waals surface area contributed by atoms with Crippen LogP contribution in [0.3, 0.4) is 0 Å². The molecule has 0 saturated carbocycles. The van der Waals surface area contributed by atoms with E-state index in [9.17, 15) is 8.42 Å². The van der Waals surface area contributed by atoms with Gasteiger partial charge in [-0.1, -0.05) is 0 Å². The fourth-order valence-electron chi connectivity index (χ4n) is 3.10. The molecule has 3 rings (SSSR count). The fourth-order valence-corrected chi connectivity index (χ4v) is 3.42. The molecule has 4 atom stereocenters. The number of ether oxygens (including phenoxy) is 5. The van der Waals surface area contributed by atoms with Crippen molar-refractivity contribution in [1.29, 1.82) is 0 Å². The summed E-state index contributed by atoms with van der Waals surface area (Å²) in [6.45, 7) is 6.44. The van der Waals surface area contributed by atoms with Gasteiger partial charge in [0.15, 0.2) is 11.6 Å². The first-order valence-corrected chi connectivity index (χ1v) is 8.27. The zero-order valence-corrected chi connectivity index (χ0v) is 13.6. The van der Waals surface area contributed by atoms with Gasteiger partial charge < -0.3 is 23.7 Å². The van der Waals surface area contributed by atoms with Crippen molar-refractivity contribution in [1.82, 2.24) is 0 Å². The van der Waals surface area contributed by atoms with Crippen LogP contribution in [0.2, 0.25) is 0 Å². The molecular formula is C12H20O9S. The average Bonchev–Trinajstić information content (AvgIpc) is 2.78. The Labute approximate surface area is 128 Å². The maximum absolute atomic E-state index is 10.9. The normalized spacial score (nSPS) is 42.9. The number of rotatable bonds is 3. The molecule has 0 unspecified atom stereocenters. The maximum Gasteiger partial charge on any atom is 0.397 e. The average molecular weight is 340 g/mol. The minimum atomic E-state index is -4.64. The SMILES string of the molecule is CC1(C)O[C@@H]2[C@@H](CO[C@@]3(COS(=O)(=O)O)OC(C)(C)O[C@@H]23)O1. The third kappa shape index (κ3) is 3.02. The standard InChI is InChI=1S/C12H20O9S/c1-10(2)18-7-5-16-12(6-17-22(13,14)15)9(8(7)19-10)20-11(3,4)21-12/h7-9H,5-6H2,1-4H3,(H,13,14,15)/t7-,8-,9+,12+/m1/s1. The summed E-state index contributed by atoms with van der Waals surface area (Å²) in [7, 11) is -4.64. The zero-order valence-electron chi connectivity index (χ0n) is 12.8. The van der Waals surface area contributed by atoms with E-state index in [1.807, 2.05) is 0 Å². The Morgan fingerprint density at radius 3 is 2.45 bits per heavy atom. The van der Waals surface area contributed by atoms with Crippen LogP contribution in [0.25, 0.3) is 0 Å². The summed E-state index contributed by atoms with van der Waals surface area (Å²) in [6, 6.07) is 0. The van der Waals surface area contributed by atoms with E-state index in [2.05, 4.69) is 4.18 Å². The van der Waals surface area contributed by atoms with Gasteiger partial charge in [-0.2, -0.15) is 8.42 Å². The highest BCUT2D eigenvalue weighted by Crippen LogP contribution is 2.47. The van der Waals surface area contributed by atoms with Gasteiger partial charge in [0.05, 0.1) is 6.61 Å². The molecule has 10 heteroatoms. The highest BCUT2D eigenvalue weighted by atomic mass is 32.3. The lowest BCUT2D eigenvalue weighted by Crippen LogP contribution is -2.60. The Balaban J connectivity index is 1.87. The van der Waals surface area contributed by atoms with Gasteiger partial charge in [-0.3, -0.25) is 4.55 Å². The monoisotopic (exact) mass is 340 g/mol. The van der Waals surface area contributed by atoms with Gasteiger partial charge in [-0.05, 0) is 27.7 Å². The lowest BCUT2D eigenvalue weighted by atomic mass is 9.98. The van der Waals surface area contributed by atoms with Crippen molar-refractivity contribution in [3.8, 4) is 0 Å². The molecule has 1 N–H and O–H groups in total. The molecule has 0 spiro atoms. The predicted molar refractivity (Wildman–Crippen MR) is 70.0 cm³/mol. The van der Waals surface area contributed by atoms with Crippen LogP contribution < -0.4 is 0 Å². The van der Waals surface area contributed by atoms with Crippen molar-refractivity contribution in [2.45, 2.75) is 63.4 Å². The fraction of sp³-hybridized carbons (Fsp3) is 1.00. The van der Waals surface area contributed by atoms with Crippen LogP contribution in [0, 0.1) is 0 Å². The molecule has 3 aliphatic rings. The van der Waals surface area contributed by atoms with E-state index in [1.165, 1.54) is 0 Å². The van der Waals surface area contributed by atoms with E-state index in [4.69, 9.17) is 28.2 Å². The molecular weight excluding hydrogens is 320 g/mol. The molecule has 0 amide bonds. The molecule has 22 heavy (non-hydrogen) atoms. The molecule has 3 saturated heterocycles. The lowest BCUT2D eigenvalue weighted by Gasteiger charge is -2.39. The molecule has 0 radical (unpaired) electrons. The second kappa shape index (κ2) is 4.84. The van der Waals surface area contributed by atoms with Gasteiger partial charge in [-0.25, -0.2) is 4.18 Å². The van der Waals surface area contributed by atoms with E-state index < -0.39 is 46.6 Å². The van der Waals surface area contributed by atoms with Gasteiger partial charge in [0.25, 0.3) is 0 Å². The van der Waals surface area contributed by atoms with Crippen LogP contribution in [-0.4, -0.2) is 61.9 Å². The molecule has 0 aromatic carbocycles. The molecule has 0 aromatic rings. The number of hydrogen-bond donors (Lipinski definition) is 1. The van der Waals surface area contributed by atoms with Gasteiger partial charge >= 0.3 is 10.4 Å². The van der Waals surface area contributed by atoms with Gasteiger partial charge in [-0.15, -0.1) is 0 Å². The van der Waals surface area contributed by atoms with E-state index in [0.717, 1.165) is 0 Å². The summed E-state index contributed by atoms with van der Waals surface area (Å²) in [5.74, 6) is -3.34. The van der Waals surface area contributed by atoms with E-state index in [1.54, 1.807) is 27.7 Å². The largest absolute Gasteiger partial charge is 0.397 e. The molecule has 3 fully saturated rings. The molecule has 3 heterocycles. The minimum absolute atomic E-state index is 0.124. The highest BCUT2D eigenvalue weighted by Gasteiger charge is 2.65. The second-order valence-electron chi connectivity index (χ2n) is 6.49. The molecule has 3 aliphatic heterocycles. The first-order valence-electron chi connectivity index (χ1n) is 6.91. The Bertz CT molecular complexity index is 557. The Morgan fingerprint density at radius 2 is 1.82 bits per heavy atom. The lowest BCUT2D eigenvalue weighted by molar-refractivity contribution is -0.291. The van der Waals surface area contributed by atoms with Crippen molar-refractivity contribution in [2.24, 2.45) is 0 Å². The Morgan fingerprint density at radius 1 is 1.14 bits per heavy atom. The predicted octanol–water partition coefficient (Wildman–Crippen LogP) is 0.204. The van der Waals surface area contributed by atoms with Crippen molar-refractivity contribution in [2.75, 3.05) is 13.2 Å². The van der Waals surface area contributed by atoms with Crippen LogP contribution >= 0.6 is 0 Å². The number of fused-ring (bicyclic) bond motifs is 3. The van der Waals surface area contributed by atoms with Crippen molar-refractivity contribution in [3.05, 3.63) is 0 Å². The minimum Gasteiger partial charge on any atom is -0.343 e. The Kier molecular flexibility index (Phi) is 3.63. The van der Waals surface area contributed by atoms with Crippen molar-refractivity contribution < 1.29 is 40.8 Å². The van der Waals surface area contributed by atoms with Crippen LogP contribution in [-0.2, 0) is 38.3 Å². The summed E-state index contributed by atoms with van der Waals surface area (Å²) >= 11 is 0. The third-order valence-electron chi connectivity index (χ3n) is 3.68. The van der Waals surface area contributed by atoms with Crippen LogP contribution in [0.15, 0.2) is 0 Å². The van der Waals surface area contributed by atoms with Gasteiger partial charge in [0, 0.05) is 0 Å². The first kappa shape index (κ1) is 16.5. The van der Waals surface area contributed by atoms with Crippen LogP contribution in [0.1, 0.15) is 27.7 Å². The molecule has 9 nitrogen and oxygen atoms in total. The maximum atomic E-state index is 10.9. The Hall–Kier alpha value is -0.330. The zero-order chi connectivity index (χ0) is 16.4. The summed E-state index contributed by atoms with van der Waals surface area (Å²) in [5, 5.41) is 0. The van der Waals surface area contributed by atoms with Gasteiger partial charge in [0.2, 0.25) is 5.79 Å². The van der Waals surface area contributed by atoms with Crippen molar-refractivity contribution in [3.63, 3.8) is 0 Å². The highest BCUT2D eigenvalue weighted by molar-refractivity contribution is 7.80. The van der Waals surface area contributed by atoms with E-state index >= 15 is 0 Å². The summed E-state index contributed by atoms with van der Waals surface area (Å²) in [6.07, 6.45) is -1.63. The van der Waals surface area contributed by atoms with E-state index in [-0.39, 0.29) is 12.7 Å². The molecule has 0 aromatic heterocycles. The van der Waals surface area contributed by atoms with E-state index in [0.29, 0.717) is 0 Å². The van der Waals surface area contributed by atoms with Crippen LogP contribution in [0.5, 0.6) is 0 Å². The summed E-state index contributed by atoms with van der Waals surface area (Å²) in [5.41, 5.74) is 0. The van der Waals surface area contributed by atoms with Gasteiger partial charge in [0.1, 0.15) is 24.9 Å². The quantitative estimate of drug-likeness (QED) is 0.720. The number of hydrogen-bond acceptors (Lipinski definition) is 8. The van der Waals surface area contributed by atoms with Crippen molar-refractivity contribution >= 4 is 10.4 Å². The molecule has 0 bridgehead atoms. The first-order chi connectivity index (χ1) is 9.92. The topological polar surface area (TPSA) is 110 Å². The third-order valence-corrected chi connectivity index (χ3v) is 4.10. The summed E-state index contributed by atoms with van der Waals surface area (Å²) in [4.78, 5) is 0. The smallest absolute Gasteiger partial charge is 0.343 e. The molecule has 0 aliphatic carbocycles. The second-order valence-corrected chi connectivity index (χ2v) is 7.58. The van der Waals surface area contributed by atoms with Crippen LogP contribution in [0.4, 0.5) is 0 Å². The summed E-state index contributed by atoms with van der Waals surface area (Å²) < 4.78 is 63.8. The molecule has 128 valence electrons.